The number of thioether (sulfide) groups is 2. The average molecular weight is 331 g/mol. The SMILES string of the molecule is CCSC1=C(C(=O)[O-])N2C(=O)/C(=C/c3ccco3)[C@H]2S1.[Na+]. The number of carbonyl (C=O) groups excluding carboxylic acids is 2. The van der Waals surface area contributed by atoms with Crippen molar-refractivity contribution in [3.8, 4) is 0 Å². The van der Waals surface area contributed by atoms with Gasteiger partial charge >= 0.3 is 29.6 Å². The van der Waals surface area contributed by atoms with Crippen LogP contribution in [0, 0.1) is 0 Å². The first-order valence-electron chi connectivity index (χ1n) is 5.97. The van der Waals surface area contributed by atoms with E-state index in [4.69, 9.17) is 4.42 Å². The van der Waals surface area contributed by atoms with E-state index in [2.05, 4.69) is 0 Å². The van der Waals surface area contributed by atoms with Crippen molar-refractivity contribution in [2.45, 2.75) is 12.3 Å². The zero-order valence-corrected chi connectivity index (χ0v) is 15.1. The second kappa shape index (κ2) is 6.66. The number of hydrogen-bond acceptors (Lipinski definition) is 6. The van der Waals surface area contributed by atoms with Gasteiger partial charge in [0.2, 0.25) is 0 Å². The zero-order chi connectivity index (χ0) is 14.3. The molecule has 1 aromatic heterocycles. The maximum Gasteiger partial charge on any atom is 1.00 e. The van der Waals surface area contributed by atoms with Crippen molar-refractivity contribution in [3.05, 3.63) is 39.7 Å². The van der Waals surface area contributed by atoms with Gasteiger partial charge in [-0.15, -0.1) is 11.8 Å². The number of hydrogen-bond donors (Lipinski definition) is 0. The van der Waals surface area contributed by atoms with Gasteiger partial charge in [-0.25, -0.2) is 0 Å². The van der Waals surface area contributed by atoms with E-state index < -0.39 is 5.97 Å². The van der Waals surface area contributed by atoms with Gasteiger partial charge in [-0.05, 0) is 24.0 Å². The largest absolute Gasteiger partial charge is 1.00 e. The normalized spacial score (nSPS) is 22.1. The first-order valence-corrected chi connectivity index (χ1v) is 7.83. The van der Waals surface area contributed by atoms with Crippen molar-refractivity contribution >= 4 is 41.5 Å². The van der Waals surface area contributed by atoms with Crippen molar-refractivity contribution in [1.82, 2.24) is 4.90 Å². The monoisotopic (exact) mass is 331 g/mol. The van der Waals surface area contributed by atoms with Crippen LogP contribution in [0.4, 0.5) is 0 Å². The third-order valence-electron chi connectivity index (χ3n) is 2.93. The van der Waals surface area contributed by atoms with Gasteiger partial charge in [0, 0.05) is 0 Å². The second-order valence-corrected chi connectivity index (χ2v) is 6.74. The molecule has 1 aromatic rings. The molecule has 3 rings (SSSR count). The van der Waals surface area contributed by atoms with Crippen molar-refractivity contribution in [2.24, 2.45) is 0 Å². The van der Waals surface area contributed by atoms with Gasteiger partial charge in [-0.1, -0.05) is 18.7 Å². The number of amides is 1. The summed E-state index contributed by atoms with van der Waals surface area (Å²) in [7, 11) is 0. The number of aliphatic carboxylic acids is 1. The van der Waals surface area contributed by atoms with E-state index in [1.807, 2.05) is 6.92 Å². The molecule has 0 aliphatic carbocycles. The van der Waals surface area contributed by atoms with Gasteiger partial charge < -0.3 is 14.3 Å². The minimum Gasteiger partial charge on any atom is -0.543 e. The Kier molecular flexibility index (Phi) is 5.32. The van der Waals surface area contributed by atoms with Crippen LogP contribution in [-0.4, -0.2) is 27.9 Å². The maximum atomic E-state index is 12.1. The summed E-state index contributed by atoms with van der Waals surface area (Å²) >= 11 is 2.78. The van der Waals surface area contributed by atoms with E-state index in [1.54, 1.807) is 18.2 Å². The molecule has 2 aliphatic heterocycles. The summed E-state index contributed by atoms with van der Waals surface area (Å²) in [4.78, 5) is 24.6. The fourth-order valence-electron chi connectivity index (χ4n) is 2.09. The van der Waals surface area contributed by atoms with Crippen molar-refractivity contribution in [3.63, 3.8) is 0 Å². The Hall–Kier alpha value is -0.600. The summed E-state index contributed by atoms with van der Waals surface area (Å²) in [6.07, 6.45) is 3.18. The Labute approximate surface area is 152 Å². The summed E-state index contributed by atoms with van der Waals surface area (Å²) in [5.74, 6) is -0.281. The number of carboxylic acid groups (broad SMARTS) is 1. The van der Waals surface area contributed by atoms with Gasteiger partial charge in [0.25, 0.3) is 5.91 Å². The van der Waals surface area contributed by atoms with Crippen LogP contribution in [0.5, 0.6) is 0 Å². The quantitative estimate of drug-likeness (QED) is 0.370. The van der Waals surface area contributed by atoms with Crippen molar-refractivity contribution in [2.75, 3.05) is 5.75 Å². The van der Waals surface area contributed by atoms with Gasteiger partial charge in [0.1, 0.15) is 11.1 Å². The molecule has 1 amide bonds. The van der Waals surface area contributed by atoms with Crippen LogP contribution < -0.4 is 34.7 Å². The van der Waals surface area contributed by atoms with Crippen molar-refractivity contribution in [1.29, 1.82) is 0 Å². The van der Waals surface area contributed by atoms with Crippen LogP contribution in [0.15, 0.2) is 38.3 Å². The predicted octanol–water partition coefficient (Wildman–Crippen LogP) is -1.75. The maximum absolute atomic E-state index is 12.1. The minimum atomic E-state index is -1.30. The third kappa shape index (κ3) is 2.85. The predicted molar refractivity (Wildman–Crippen MR) is 75.1 cm³/mol. The first-order chi connectivity index (χ1) is 9.63. The van der Waals surface area contributed by atoms with Gasteiger partial charge in [0.05, 0.1) is 27.7 Å². The number of β-lactam (4-membered cyclic amide) rings is 1. The average Bonchev–Trinajstić information content (AvgIpc) is 3.02. The summed E-state index contributed by atoms with van der Waals surface area (Å²) in [5.41, 5.74) is 0.545. The molecule has 5 nitrogen and oxygen atoms in total. The number of carboxylic acids is 1. The number of furan rings is 1. The summed E-state index contributed by atoms with van der Waals surface area (Å²) in [6, 6.07) is 3.48. The molecule has 0 bridgehead atoms. The first kappa shape index (κ1) is 16.8. The topological polar surface area (TPSA) is 73.6 Å². The molecular formula is C13H10NNaO4S2. The third-order valence-corrected chi connectivity index (χ3v) is 5.41. The molecule has 8 heteroatoms. The van der Waals surface area contributed by atoms with E-state index in [1.165, 1.54) is 34.7 Å². The number of fused-ring (bicyclic) bond motifs is 1. The van der Waals surface area contributed by atoms with Crippen LogP contribution in [-0.2, 0) is 9.59 Å². The van der Waals surface area contributed by atoms with Crippen molar-refractivity contribution < 1.29 is 48.7 Å². The number of carbonyl (C=O) groups is 2. The molecule has 0 saturated carbocycles. The van der Waals surface area contributed by atoms with Crippen LogP contribution in [0.1, 0.15) is 12.7 Å². The zero-order valence-electron chi connectivity index (χ0n) is 11.5. The van der Waals surface area contributed by atoms with E-state index in [0.29, 0.717) is 15.6 Å². The van der Waals surface area contributed by atoms with Gasteiger partial charge in [-0.2, -0.15) is 0 Å². The Bertz CT molecular complexity index is 639. The molecule has 0 radical (unpaired) electrons. The minimum absolute atomic E-state index is 0. The standard InChI is InChI=1S/C13H11NO4S2.Na/c1-2-19-13-9(12(16)17)14-10(15)8(11(14)20-13)6-7-4-3-5-18-7;/h3-6,11H,2H2,1H3,(H,16,17);/q;+1/p-1/b8-6-;/t11-;/m1./s1. The second-order valence-electron chi connectivity index (χ2n) is 4.12. The Morgan fingerprint density at radius 2 is 2.38 bits per heavy atom. The molecule has 0 aromatic carbocycles. The summed E-state index contributed by atoms with van der Waals surface area (Å²) < 4.78 is 5.81. The molecule has 21 heavy (non-hydrogen) atoms. The molecule has 0 spiro atoms. The van der Waals surface area contributed by atoms with E-state index >= 15 is 0 Å². The molecule has 104 valence electrons. The Balaban J connectivity index is 0.00000161. The summed E-state index contributed by atoms with van der Waals surface area (Å²) in [6.45, 7) is 1.93. The van der Waals surface area contributed by atoms with Crippen LogP contribution in [0.2, 0.25) is 0 Å². The van der Waals surface area contributed by atoms with E-state index in [9.17, 15) is 14.7 Å². The fourth-order valence-corrected chi connectivity index (χ4v) is 4.67. The molecule has 1 atom stereocenters. The van der Waals surface area contributed by atoms with Crippen LogP contribution in [0.25, 0.3) is 6.08 Å². The molecule has 1 saturated heterocycles. The van der Waals surface area contributed by atoms with Crippen LogP contribution in [0.3, 0.4) is 0 Å². The van der Waals surface area contributed by atoms with E-state index in [0.717, 1.165) is 5.75 Å². The number of nitrogens with zero attached hydrogens (tertiary/aromatic N) is 1. The molecular weight excluding hydrogens is 321 g/mol. The molecule has 1 fully saturated rings. The summed E-state index contributed by atoms with van der Waals surface area (Å²) in [5, 5.41) is 10.9. The Morgan fingerprint density at radius 1 is 1.62 bits per heavy atom. The van der Waals surface area contributed by atoms with Crippen LogP contribution >= 0.6 is 23.5 Å². The molecule has 0 N–H and O–H groups in total. The molecule has 3 heterocycles. The number of rotatable bonds is 4. The van der Waals surface area contributed by atoms with Gasteiger partial charge in [-0.3, -0.25) is 9.69 Å². The Morgan fingerprint density at radius 3 is 2.95 bits per heavy atom. The smallest absolute Gasteiger partial charge is 0.543 e. The van der Waals surface area contributed by atoms with E-state index in [-0.39, 0.29) is 46.5 Å². The molecule has 0 unspecified atom stereocenters. The fraction of sp³-hybridized carbons (Fsp3) is 0.231. The van der Waals surface area contributed by atoms with Gasteiger partial charge in [0.15, 0.2) is 0 Å². The molecule has 2 aliphatic rings.